The summed E-state index contributed by atoms with van der Waals surface area (Å²) in [6.45, 7) is 3.71. The zero-order valence-electron chi connectivity index (χ0n) is 18.1. The molecule has 4 rings (SSSR count). The Bertz CT molecular complexity index is 1410. The zero-order valence-corrected chi connectivity index (χ0v) is 19.7. The van der Waals surface area contributed by atoms with Crippen LogP contribution in [0.1, 0.15) is 11.1 Å². The van der Waals surface area contributed by atoms with Crippen LogP contribution in [0.4, 0.5) is 5.69 Å². The number of amides is 1. The number of nitrogens with one attached hydrogen (secondary N) is 1. The largest absolute Gasteiger partial charge is 0.325 e. The molecule has 1 heterocycles. The van der Waals surface area contributed by atoms with Crippen LogP contribution in [0.3, 0.4) is 0 Å². The van der Waals surface area contributed by atoms with E-state index in [0.717, 1.165) is 16.7 Å². The van der Waals surface area contributed by atoms with Crippen molar-refractivity contribution in [3.63, 3.8) is 0 Å². The molecular weight excluding hydrogens is 458 g/mol. The number of aryl methyl sites for hydroxylation is 2. The van der Waals surface area contributed by atoms with E-state index in [9.17, 15) is 13.2 Å². The number of benzene rings is 3. The number of para-hydroxylation sites is 1. The number of rotatable bonds is 6. The van der Waals surface area contributed by atoms with Crippen molar-refractivity contribution in [1.82, 2.24) is 9.55 Å². The maximum absolute atomic E-state index is 13.3. The molecule has 0 aliphatic rings. The lowest BCUT2D eigenvalue weighted by Crippen LogP contribution is -2.25. The van der Waals surface area contributed by atoms with Crippen molar-refractivity contribution in [2.75, 3.05) is 11.1 Å². The van der Waals surface area contributed by atoms with Crippen LogP contribution in [0, 0.1) is 13.8 Å². The highest BCUT2D eigenvalue weighted by Gasteiger charge is 2.27. The summed E-state index contributed by atoms with van der Waals surface area (Å²) in [5, 5.41) is 2.97. The van der Waals surface area contributed by atoms with Gasteiger partial charge in [0.05, 0.1) is 5.69 Å². The van der Waals surface area contributed by atoms with E-state index in [1.54, 1.807) is 30.5 Å². The molecule has 0 saturated carbocycles. The lowest BCUT2D eigenvalue weighted by molar-refractivity contribution is -0.113. The van der Waals surface area contributed by atoms with Gasteiger partial charge in [0, 0.05) is 28.2 Å². The van der Waals surface area contributed by atoms with Gasteiger partial charge in [0.25, 0.3) is 0 Å². The summed E-state index contributed by atoms with van der Waals surface area (Å²) in [4.78, 5) is 17.1. The second-order valence-electron chi connectivity index (χ2n) is 7.70. The lowest BCUT2D eigenvalue weighted by atomic mass is 10.1. The number of sulfone groups is 1. The molecule has 8 heteroatoms. The van der Waals surface area contributed by atoms with E-state index in [2.05, 4.69) is 10.3 Å². The second-order valence-corrected chi connectivity index (χ2v) is 10.0. The van der Waals surface area contributed by atoms with Crippen LogP contribution in [0.25, 0.3) is 16.9 Å². The minimum Gasteiger partial charge on any atom is -0.325 e. The minimum absolute atomic E-state index is 0.222. The third-order valence-corrected chi connectivity index (χ3v) is 6.90. The normalized spacial score (nSPS) is 11.4. The number of nitrogens with zero attached hydrogens (tertiary/aromatic N) is 2. The van der Waals surface area contributed by atoms with Gasteiger partial charge in [-0.2, -0.15) is 0 Å². The van der Waals surface area contributed by atoms with E-state index >= 15 is 0 Å². The maximum atomic E-state index is 13.3. The van der Waals surface area contributed by atoms with E-state index in [1.807, 2.05) is 62.4 Å². The second kappa shape index (κ2) is 9.21. The number of aromatic nitrogens is 2. The first kappa shape index (κ1) is 22.8. The summed E-state index contributed by atoms with van der Waals surface area (Å²) >= 11 is 6.14. The summed E-state index contributed by atoms with van der Waals surface area (Å²) in [5.41, 5.74) is 4.09. The van der Waals surface area contributed by atoms with Gasteiger partial charge in [-0.3, -0.25) is 9.36 Å². The van der Waals surface area contributed by atoms with Crippen LogP contribution < -0.4 is 5.32 Å². The molecule has 0 bridgehead atoms. The molecule has 33 heavy (non-hydrogen) atoms. The fourth-order valence-electron chi connectivity index (χ4n) is 3.57. The smallest absolute Gasteiger partial charge is 0.240 e. The molecule has 0 aliphatic heterocycles. The molecule has 0 spiro atoms. The monoisotopic (exact) mass is 479 g/mol. The fourth-order valence-corrected chi connectivity index (χ4v) is 4.99. The quantitative estimate of drug-likeness (QED) is 0.411. The van der Waals surface area contributed by atoms with Crippen molar-refractivity contribution in [1.29, 1.82) is 0 Å². The minimum atomic E-state index is -4.09. The molecule has 3 aromatic carbocycles. The highest BCUT2D eigenvalue weighted by atomic mass is 35.5. The summed E-state index contributed by atoms with van der Waals surface area (Å²) in [6, 6.07) is 21.6. The maximum Gasteiger partial charge on any atom is 0.240 e. The lowest BCUT2D eigenvalue weighted by Gasteiger charge is -2.12. The van der Waals surface area contributed by atoms with Crippen LogP contribution in [0.15, 0.2) is 84.1 Å². The average molecular weight is 480 g/mol. The van der Waals surface area contributed by atoms with Crippen molar-refractivity contribution < 1.29 is 13.2 Å². The number of hydrogen-bond donors (Lipinski definition) is 1. The molecule has 4 aromatic rings. The highest BCUT2D eigenvalue weighted by Crippen LogP contribution is 2.26. The molecule has 168 valence electrons. The Kier molecular flexibility index (Phi) is 6.35. The molecule has 0 aliphatic carbocycles. The van der Waals surface area contributed by atoms with Gasteiger partial charge in [-0.25, -0.2) is 13.4 Å². The molecule has 0 fully saturated rings. The molecule has 6 nitrogen and oxygen atoms in total. The highest BCUT2D eigenvalue weighted by molar-refractivity contribution is 7.92. The van der Waals surface area contributed by atoms with Gasteiger partial charge in [-0.1, -0.05) is 66.2 Å². The Hall–Kier alpha value is -3.42. The van der Waals surface area contributed by atoms with E-state index in [1.165, 1.54) is 4.57 Å². The molecule has 0 radical (unpaired) electrons. The van der Waals surface area contributed by atoms with Crippen molar-refractivity contribution in [3.05, 3.63) is 95.1 Å². The van der Waals surface area contributed by atoms with Crippen molar-refractivity contribution >= 4 is 33.0 Å². The number of imidazole rings is 1. The summed E-state index contributed by atoms with van der Waals surface area (Å²) < 4.78 is 28.2. The number of hydrogen-bond acceptors (Lipinski definition) is 4. The van der Waals surface area contributed by atoms with Crippen molar-refractivity contribution in [2.24, 2.45) is 0 Å². The first-order valence-corrected chi connectivity index (χ1v) is 12.3. The Labute approximate surface area is 197 Å². The molecule has 1 N–H and O–H groups in total. The third kappa shape index (κ3) is 4.99. The summed E-state index contributed by atoms with van der Waals surface area (Å²) in [7, 11) is -4.09. The van der Waals surface area contributed by atoms with Crippen LogP contribution in [0.2, 0.25) is 5.02 Å². The van der Waals surface area contributed by atoms with Crippen molar-refractivity contribution in [2.45, 2.75) is 19.0 Å². The summed E-state index contributed by atoms with van der Waals surface area (Å²) in [6.07, 6.45) is 1.64. The van der Waals surface area contributed by atoms with E-state index in [0.29, 0.717) is 22.1 Å². The fraction of sp³-hybridized carbons (Fsp3) is 0.120. The van der Waals surface area contributed by atoms with Gasteiger partial charge in [0.1, 0.15) is 5.75 Å². The Balaban J connectivity index is 1.73. The van der Waals surface area contributed by atoms with E-state index in [-0.39, 0.29) is 5.16 Å². The molecule has 0 unspecified atom stereocenters. The van der Waals surface area contributed by atoms with E-state index < -0.39 is 21.5 Å². The van der Waals surface area contributed by atoms with Gasteiger partial charge in [0.15, 0.2) is 0 Å². The number of carbonyl (C=O) groups is 1. The SMILES string of the molecule is Cc1cccc(C)c1NC(=O)CS(=O)(=O)c1nc(-c2ccccc2)cn1-c1cccc(Cl)c1. The molecule has 1 aromatic heterocycles. The van der Waals surface area contributed by atoms with Gasteiger partial charge in [-0.15, -0.1) is 0 Å². The standard InChI is InChI=1S/C25H22ClN3O3S/c1-17-8-6-9-18(2)24(17)28-23(30)16-33(31,32)25-27-22(19-10-4-3-5-11-19)15-29(25)21-13-7-12-20(26)14-21/h3-15H,16H2,1-2H3,(H,28,30). The third-order valence-electron chi connectivity index (χ3n) is 5.17. The Morgan fingerprint density at radius 2 is 1.64 bits per heavy atom. The van der Waals surface area contributed by atoms with Crippen LogP contribution in [0.5, 0.6) is 0 Å². The predicted molar refractivity (Wildman–Crippen MR) is 131 cm³/mol. The summed E-state index contributed by atoms with van der Waals surface area (Å²) in [5.74, 6) is -1.37. The van der Waals surface area contributed by atoms with Gasteiger partial charge < -0.3 is 5.32 Å². The number of anilines is 1. The average Bonchev–Trinajstić information content (AvgIpc) is 3.24. The molecule has 1 amide bonds. The van der Waals surface area contributed by atoms with Crippen LogP contribution in [-0.4, -0.2) is 29.6 Å². The molecule has 0 atom stereocenters. The molecule has 0 saturated heterocycles. The Morgan fingerprint density at radius 1 is 0.970 bits per heavy atom. The van der Waals surface area contributed by atoms with Gasteiger partial charge >= 0.3 is 0 Å². The zero-order chi connectivity index (χ0) is 23.6. The van der Waals surface area contributed by atoms with Gasteiger partial charge in [-0.05, 0) is 43.2 Å². The number of halogens is 1. The van der Waals surface area contributed by atoms with Crippen molar-refractivity contribution in [3.8, 4) is 16.9 Å². The number of carbonyl (C=O) groups excluding carboxylic acids is 1. The van der Waals surface area contributed by atoms with Crippen LogP contribution >= 0.6 is 11.6 Å². The van der Waals surface area contributed by atoms with E-state index in [4.69, 9.17) is 11.6 Å². The Morgan fingerprint density at radius 3 is 2.30 bits per heavy atom. The van der Waals surface area contributed by atoms with Crippen LogP contribution in [-0.2, 0) is 14.6 Å². The first-order chi connectivity index (χ1) is 15.7. The van der Waals surface area contributed by atoms with Gasteiger partial charge in [0.2, 0.25) is 20.9 Å². The predicted octanol–water partition coefficient (Wildman–Crippen LogP) is 5.22. The molecular formula is C25H22ClN3O3S. The topological polar surface area (TPSA) is 81.1 Å². The first-order valence-electron chi connectivity index (χ1n) is 10.2.